The highest BCUT2D eigenvalue weighted by Crippen LogP contribution is 2.45. The van der Waals surface area contributed by atoms with Crippen molar-refractivity contribution in [3.05, 3.63) is 48.0 Å². The van der Waals surface area contributed by atoms with Crippen LogP contribution in [0.2, 0.25) is 0 Å². The molecule has 2 rings (SSSR count). The smallest absolute Gasteiger partial charge is 0.322 e. The van der Waals surface area contributed by atoms with E-state index in [1.807, 2.05) is 42.5 Å². The van der Waals surface area contributed by atoms with Gasteiger partial charge in [0, 0.05) is 5.92 Å². The molecule has 0 fully saturated rings. The fourth-order valence-corrected chi connectivity index (χ4v) is 2.73. The van der Waals surface area contributed by atoms with Gasteiger partial charge in [0.2, 0.25) is 5.91 Å². The Kier molecular flexibility index (Phi) is 3.69. The minimum absolute atomic E-state index is 0.274. The van der Waals surface area contributed by atoms with E-state index in [0.717, 1.165) is 5.56 Å². The maximum absolute atomic E-state index is 12.2. The highest BCUT2D eigenvalue weighted by Gasteiger charge is 2.52. The second-order valence-electron chi connectivity index (χ2n) is 4.70. The monoisotopic (exact) mass is 259 g/mol. The van der Waals surface area contributed by atoms with E-state index >= 15 is 0 Å². The van der Waals surface area contributed by atoms with Crippen LogP contribution in [0, 0.1) is 5.41 Å². The van der Waals surface area contributed by atoms with Crippen LogP contribution in [0.15, 0.2) is 42.5 Å². The van der Waals surface area contributed by atoms with Crippen LogP contribution in [0.4, 0.5) is 0 Å². The largest absolute Gasteiger partial charge is 0.468 e. The van der Waals surface area contributed by atoms with Crippen molar-refractivity contribution in [2.75, 3.05) is 7.11 Å². The van der Waals surface area contributed by atoms with Crippen molar-refractivity contribution in [1.29, 1.82) is 0 Å². The first-order valence-electron chi connectivity index (χ1n) is 6.21. The summed E-state index contributed by atoms with van der Waals surface area (Å²) in [7, 11) is 1.29. The highest BCUT2D eigenvalue weighted by molar-refractivity contribution is 6.03. The number of carbonyl (C=O) groups excluding carboxylic acids is 2. The number of rotatable bonds is 3. The third kappa shape index (κ3) is 2.14. The molecule has 1 aliphatic rings. The van der Waals surface area contributed by atoms with Gasteiger partial charge in [-0.15, -0.1) is 0 Å². The number of hydrogen-bond donors (Lipinski definition) is 1. The zero-order valence-corrected chi connectivity index (χ0v) is 10.8. The van der Waals surface area contributed by atoms with E-state index in [1.54, 1.807) is 0 Å². The molecule has 0 aliphatic heterocycles. The quantitative estimate of drug-likeness (QED) is 0.511. The van der Waals surface area contributed by atoms with Gasteiger partial charge in [0.1, 0.15) is 0 Å². The topological polar surface area (TPSA) is 69.4 Å². The van der Waals surface area contributed by atoms with E-state index in [2.05, 4.69) is 0 Å². The van der Waals surface area contributed by atoms with E-state index in [9.17, 15) is 9.59 Å². The number of primary amides is 1. The molecule has 0 heterocycles. The van der Waals surface area contributed by atoms with Gasteiger partial charge in [0.25, 0.3) is 0 Å². The number of amides is 1. The van der Waals surface area contributed by atoms with Gasteiger partial charge in [-0.2, -0.15) is 0 Å². The van der Waals surface area contributed by atoms with Crippen molar-refractivity contribution < 1.29 is 14.3 Å². The Labute approximate surface area is 112 Å². The van der Waals surface area contributed by atoms with Crippen molar-refractivity contribution in [1.82, 2.24) is 0 Å². The van der Waals surface area contributed by atoms with Gasteiger partial charge in [-0.3, -0.25) is 9.59 Å². The lowest BCUT2D eigenvalue weighted by Crippen LogP contribution is -2.49. The molecule has 19 heavy (non-hydrogen) atoms. The number of ether oxygens (including phenoxy) is 1. The lowest BCUT2D eigenvalue weighted by molar-refractivity contribution is -0.159. The van der Waals surface area contributed by atoms with Crippen molar-refractivity contribution in [3.63, 3.8) is 0 Å². The zero-order valence-electron chi connectivity index (χ0n) is 10.8. The molecule has 4 nitrogen and oxygen atoms in total. The summed E-state index contributed by atoms with van der Waals surface area (Å²) in [6.45, 7) is 0. The molecule has 0 radical (unpaired) electrons. The van der Waals surface area contributed by atoms with Gasteiger partial charge in [0.05, 0.1) is 7.11 Å². The Balaban J connectivity index is 2.53. The Morgan fingerprint density at radius 3 is 2.53 bits per heavy atom. The van der Waals surface area contributed by atoms with Crippen LogP contribution in [-0.2, 0) is 14.3 Å². The van der Waals surface area contributed by atoms with E-state index in [1.165, 1.54) is 7.11 Å². The number of esters is 1. The molecule has 0 saturated carbocycles. The van der Waals surface area contributed by atoms with Gasteiger partial charge in [-0.1, -0.05) is 42.5 Å². The fraction of sp³-hybridized carbons (Fsp3) is 0.333. The van der Waals surface area contributed by atoms with Crippen LogP contribution in [0.1, 0.15) is 24.3 Å². The summed E-state index contributed by atoms with van der Waals surface area (Å²) in [5.41, 5.74) is 5.16. The SMILES string of the molecule is COC(=O)[C@@]1(C(N)=O)CC=CC[C@@H]1c1ccccc1. The van der Waals surface area contributed by atoms with Gasteiger partial charge in [0.15, 0.2) is 5.41 Å². The summed E-state index contributed by atoms with van der Waals surface area (Å²) in [4.78, 5) is 24.1. The summed E-state index contributed by atoms with van der Waals surface area (Å²) < 4.78 is 4.83. The van der Waals surface area contributed by atoms with E-state index in [4.69, 9.17) is 10.5 Å². The van der Waals surface area contributed by atoms with Gasteiger partial charge >= 0.3 is 5.97 Å². The molecule has 0 unspecified atom stereocenters. The first kappa shape index (κ1) is 13.3. The number of benzene rings is 1. The molecule has 0 bridgehead atoms. The summed E-state index contributed by atoms with van der Waals surface area (Å²) in [5, 5.41) is 0. The average molecular weight is 259 g/mol. The first-order valence-corrected chi connectivity index (χ1v) is 6.21. The second kappa shape index (κ2) is 5.26. The number of hydrogen-bond acceptors (Lipinski definition) is 3. The second-order valence-corrected chi connectivity index (χ2v) is 4.70. The predicted molar refractivity (Wildman–Crippen MR) is 71.2 cm³/mol. The molecule has 1 amide bonds. The minimum Gasteiger partial charge on any atom is -0.468 e. The molecule has 0 spiro atoms. The third-order valence-electron chi connectivity index (χ3n) is 3.76. The van der Waals surface area contributed by atoms with E-state index in [-0.39, 0.29) is 12.3 Å². The third-order valence-corrected chi connectivity index (χ3v) is 3.76. The Morgan fingerprint density at radius 1 is 1.26 bits per heavy atom. The lowest BCUT2D eigenvalue weighted by Gasteiger charge is -2.37. The molecular formula is C15H17NO3. The van der Waals surface area contributed by atoms with E-state index in [0.29, 0.717) is 6.42 Å². The molecule has 1 aromatic rings. The molecule has 0 saturated heterocycles. The number of nitrogens with two attached hydrogens (primary N) is 1. The van der Waals surface area contributed by atoms with Crippen molar-refractivity contribution in [3.8, 4) is 0 Å². The Hall–Kier alpha value is -2.10. The molecule has 100 valence electrons. The van der Waals surface area contributed by atoms with Gasteiger partial charge in [-0.25, -0.2) is 0 Å². The van der Waals surface area contributed by atoms with Crippen molar-refractivity contribution in [2.24, 2.45) is 11.1 Å². The molecule has 0 aromatic heterocycles. The van der Waals surface area contributed by atoms with Crippen molar-refractivity contribution >= 4 is 11.9 Å². The number of methoxy groups -OCH3 is 1. The normalized spacial score (nSPS) is 25.8. The van der Waals surface area contributed by atoms with Crippen LogP contribution in [-0.4, -0.2) is 19.0 Å². The summed E-state index contributed by atoms with van der Waals surface area (Å²) >= 11 is 0. The lowest BCUT2D eigenvalue weighted by atomic mass is 9.65. The van der Waals surface area contributed by atoms with Crippen molar-refractivity contribution in [2.45, 2.75) is 18.8 Å². The Bertz CT molecular complexity index is 509. The zero-order chi connectivity index (χ0) is 13.9. The number of carbonyl (C=O) groups is 2. The summed E-state index contributed by atoms with van der Waals surface area (Å²) in [5.74, 6) is -1.46. The summed E-state index contributed by atoms with van der Waals surface area (Å²) in [6.07, 6.45) is 4.68. The van der Waals surface area contributed by atoms with Crippen LogP contribution in [0.5, 0.6) is 0 Å². The first-order chi connectivity index (χ1) is 9.13. The molecule has 1 aromatic carbocycles. The van der Waals surface area contributed by atoms with Gasteiger partial charge in [-0.05, 0) is 18.4 Å². The maximum atomic E-state index is 12.2. The predicted octanol–water partition coefficient (Wildman–Crippen LogP) is 1.76. The minimum atomic E-state index is -1.30. The maximum Gasteiger partial charge on any atom is 0.322 e. The van der Waals surface area contributed by atoms with Crippen LogP contribution in [0.25, 0.3) is 0 Å². The standard InChI is InChI=1S/C15H17NO3/c1-19-14(18)15(13(16)17)10-6-5-9-12(15)11-7-3-2-4-8-11/h2-8,12H,9-10H2,1H3,(H2,16,17)/t12-,15+/m1/s1. The Morgan fingerprint density at radius 2 is 1.95 bits per heavy atom. The molecular weight excluding hydrogens is 242 g/mol. The average Bonchev–Trinajstić information content (AvgIpc) is 2.47. The molecule has 4 heteroatoms. The fourth-order valence-electron chi connectivity index (χ4n) is 2.73. The molecule has 2 atom stereocenters. The summed E-state index contributed by atoms with van der Waals surface area (Å²) in [6, 6.07) is 9.48. The van der Waals surface area contributed by atoms with Crippen LogP contribution in [0.3, 0.4) is 0 Å². The van der Waals surface area contributed by atoms with Crippen LogP contribution < -0.4 is 5.73 Å². The molecule has 2 N–H and O–H groups in total. The molecule has 1 aliphatic carbocycles. The number of allylic oxidation sites excluding steroid dienone is 2. The van der Waals surface area contributed by atoms with Gasteiger partial charge < -0.3 is 10.5 Å². The van der Waals surface area contributed by atoms with E-state index < -0.39 is 17.3 Å². The highest BCUT2D eigenvalue weighted by atomic mass is 16.5. The van der Waals surface area contributed by atoms with Crippen LogP contribution >= 0.6 is 0 Å².